The van der Waals surface area contributed by atoms with Crippen molar-refractivity contribution < 1.29 is 9.22 Å². The number of para-hydroxylation sites is 1. The number of benzene rings is 1. The summed E-state index contributed by atoms with van der Waals surface area (Å²) < 4.78 is 6.42. The summed E-state index contributed by atoms with van der Waals surface area (Å²) in [7, 11) is 4.54. The molecule has 1 aromatic carbocycles. The van der Waals surface area contributed by atoms with Gasteiger partial charge >= 0.3 is 0 Å². The summed E-state index contributed by atoms with van der Waals surface area (Å²) >= 11 is 0. The molecule has 0 aliphatic carbocycles. The lowest BCUT2D eigenvalue weighted by atomic mass is 10.2. The first-order chi connectivity index (χ1) is 6.62. The van der Waals surface area contributed by atoms with Crippen LogP contribution in [0.4, 0.5) is 0 Å². The largest absolute Gasteiger partial charge is 0.449 e. The van der Waals surface area contributed by atoms with E-state index < -0.39 is 0 Å². The molecule has 0 radical (unpaired) electrons. The van der Waals surface area contributed by atoms with Crippen LogP contribution in [0.15, 0.2) is 18.2 Å². The molecule has 0 saturated heterocycles. The van der Waals surface area contributed by atoms with Gasteiger partial charge in [-0.3, -0.25) is 0 Å². The topological polar surface area (TPSA) is 12.5 Å². The molecule has 0 amide bonds. The van der Waals surface area contributed by atoms with E-state index >= 15 is 0 Å². The Bertz CT molecular complexity index is 344. The predicted octanol–water partition coefficient (Wildman–Crippen LogP) is 2.78. The molecule has 14 heavy (non-hydrogen) atoms. The second kappa shape index (κ2) is 3.28. The monoisotopic (exact) mass is 192 g/mol. The third kappa shape index (κ3) is 1.90. The van der Waals surface area contributed by atoms with Crippen molar-refractivity contribution >= 4 is 0 Å². The van der Waals surface area contributed by atoms with E-state index in [2.05, 4.69) is 33.2 Å². The van der Waals surface area contributed by atoms with E-state index in [9.17, 15) is 0 Å². The minimum absolute atomic E-state index is 1.04. The van der Waals surface area contributed by atoms with E-state index in [0.29, 0.717) is 0 Å². The van der Waals surface area contributed by atoms with Crippen LogP contribution >= 0.6 is 0 Å². The predicted molar refractivity (Wildman–Crippen MR) is 57.5 cm³/mol. The number of rotatable bonds is 4. The van der Waals surface area contributed by atoms with Crippen molar-refractivity contribution in [3.8, 4) is 11.5 Å². The summed E-state index contributed by atoms with van der Waals surface area (Å²) in [4.78, 5) is 0. The highest BCUT2D eigenvalue weighted by molar-refractivity contribution is 5.58. The van der Waals surface area contributed by atoms with Crippen molar-refractivity contribution in [2.24, 2.45) is 0 Å². The fourth-order valence-corrected chi connectivity index (χ4v) is 2.02. The van der Waals surface area contributed by atoms with Crippen LogP contribution in [0, 0.1) is 0 Å². The van der Waals surface area contributed by atoms with Gasteiger partial charge in [0.05, 0.1) is 26.2 Å². The van der Waals surface area contributed by atoms with E-state index in [-0.39, 0.29) is 0 Å². The lowest BCUT2D eigenvalue weighted by Crippen LogP contribution is -2.39. The number of hydrogen-bond acceptors (Lipinski definition) is 1. The Balaban J connectivity index is 2.08. The third-order valence-corrected chi connectivity index (χ3v) is 2.66. The molecule has 2 rings (SSSR count). The van der Waals surface area contributed by atoms with Crippen LogP contribution in [0.2, 0.25) is 0 Å². The molecule has 2 nitrogen and oxygen atoms in total. The second-order valence-corrected chi connectivity index (χ2v) is 4.66. The van der Waals surface area contributed by atoms with Gasteiger partial charge in [0.2, 0.25) is 0 Å². The van der Waals surface area contributed by atoms with Gasteiger partial charge < -0.3 is 9.22 Å². The fraction of sp³-hybridized carbons (Fsp3) is 0.500. The van der Waals surface area contributed by atoms with Crippen molar-refractivity contribution in [2.45, 2.75) is 19.9 Å². The summed E-state index contributed by atoms with van der Waals surface area (Å²) in [6.07, 6.45) is 1.23. The first-order valence-corrected chi connectivity index (χ1v) is 5.24. The average Bonchev–Trinajstić information content (AvgIpc) is 2.82. The van der Waals surface area contributed by atoms with Gasteiger partial charge in [-0.05, 0) is 18.6 Å². The second-order valence-electron chi connectivity index (χ2n) is 4.66. The van der Waals surface area contributed by atoms with Gasteiger partial charge in [-0.15, -0.1) is 0 Å². The molecule has 1 aliphatic rings. The standard InChI is InChI=1S/C12H18NO/c1-4-8-13(2,3)9-10-6-5-7-11-12(10)14-11/h5-7H,4,8-9H2,1-3H3/q+1. The molecule has 2 heteroatoms. The highest BCUT2D eigenvalue weighted by atomic mass is 16.6. The first-order valence-electron chi connectivity index (χ1n) is 5.24. The van der Waals surface area contributed by atoms with Gasteiger partial charge in [-0.2, -0.15) is 0 Å². The molecule has 1 aromatic rings. The first kappa shape index (κ1) is 9.53. The van der Waals surface area contributed by atoms with Gasteiger partial charge in [-0.25, -0.2) is 0 Å². The Hall–Kier alpha value is -1.02. The molecular weight excluding hydrogens is 174 g/mol. The number of fused-ring (bicyclic) bond motifs is 1. The number of ether oxygens (including phenoxy) is 1. The lowest BCUT2D eigenvalue weighted by Gasteiger charge is -2.29. The van der Waals surface area contributed by atoms with E-state index in [1.54, 1.807) is 0 Å². The van der Waals surface area contributed by atoms with Crippen molar-refractivity contribution in [2.75, 3.05) is 20.6 Å². The van der Waals surface area contributed by atoms with Crippen LogP contribution in [0.3, 0.4) is 0 Å². The van der Waals surface area contributed by atoms with E-state index in [4.69, 9.17) is 4.74 Å². The summed E-state index contributed by atoms with van der Waals surface area (Å²) in [6, 6.07) is 6.27. The molecule has 0 spiro atoms. The van der Waals surface area contributed by atoms with E-state index in [0.717, 1.165) is 22.5 Å². The van der Waals surface area contributed by atoms with Crippen LogP contribution in [0.1, 0.15) is 18.9 Å². The highest BCUT2D eigenvalue weighted by Gasteiger charge is 2.27. The van der Waals surface area contributed by atoms with Crippen LogP contribution in [0.25, 0.3) is 0 Å². The van der Waals surface area contributed by atoms with Crippen LogP contribution in [-0.2, 0) is 6.54 Å². The Morgan fingerprint density at radius 2 is 2.07 bits per heavy atom. The molecule has 0 N–H and O–H groups in total. The maximum Gasteiger partial charge on any atom is 0.178 e. The van der Waals surface area contributed by atoms with Crippen molar-refractivity contribution in [1.29, 1.82) is 0 Å². The molecule has 0 bridgehead atoms. The van der Waals surface area contributed by atoms with Crippen LogP contribution < -0.4 is 4.74 Å². The average molecular weight is 192 g/mol. The molecule has 1 aliphatic heterocycles. The SMILES string of the molecule is CCC[N+](C)(C)Cc1cccc2c1O2. The Morgan fingerprint density at radius 3 is 2.79 bits per heavy atom. The Kier molecular flexibility index (Phi) is 2.23. The molecule has 0 saturated carbocycles. The summed E-state index contributed by atoms with van der Waals surface area (Å²) in [5.41, 5.74) is 1.35. The minimum Gasteiger partial charge on any atom is -0.449 e. The molecule has 1 heterocycles. The normalized spacial score (nSPS) is 13.4. The summed E-state index contributed by atoms with van der Waals surface area (Å²) in [5.74, 6) is 2.19. The number of nitrogens with zero attached hydrogens (tertiary/aromatic N) is 1. The van der Waals surface area contributed by atoms with Gasteiger partial charge in [0.15, 0.2) is 11.5 Å². The van der Waals surface area contributed by atoms with Crippen LogP contribution in [0.5, 0.6) is 11.5 Å². The smallest absolute Gasteiger partial charge is 0.178 e. The zero-order valence-electron chi connectivity index (χ0n) is 9.21. The number of quaternary nitrogens is 1. The number of hydrogen-bond donors (Lipinski definition) is 0. The zero-order chi connectivity index (χ0) is 10.2. The molecule has 0 unspecified atom stereocenters. The Morgan fingerprint density at radius 1 is 1.29 bits per heavy atom. The maximum atomic E-state index is 5.38. The van der Waals surface area contributed by atoms with Gasteiger partial charge in [0.25, 0.3) is 0 Å². The molecular formula is C12H18NO+. The Labute approximate surface area is 85.7 Å². The lowest BCUT2D eigenvalue weighted by molar-refractivity contribution is -0.903. The molecule has 0 fully saturated rings. The van der Waals surface area contributed by atoms with E-state index in [1.807, 2.05) is 6.07 Å². The quantitative estimate of drug-likeness (QED) is 0.536. The minimum atomic E-state index is 1.04. The molecule has 0 atom stereocenters. The van der Waals surface area contributed by atoms with Crippen molar-refractivity contribution in [1.82, 2.24) is 0 Å². The summed E-state index contributed by atoms with van der Waals surface area (Å²) in [5, 5.41) is 0. The van der Waals surface area contributed by atoms with Gasteiger partial charge in [0, 0.05) is 0 Å². The van der Waals surface area contributed by atoms with Gasteiger partial charge in [0.1, 0.15) is 6.54 Å². The van der Waals surface area contributed by atoms with Crippen molar-refractivity contribution in [3.63, 3.8) is 0 Å². The van der Waals surface area contributed by atoms with Crippen LogP contribution in [-0.4, -0.2) is 25.1 Å². The molecule has 0 aromatic heterocycles. The maximum absolute atomic E-state index is 5.38. The van der Waals surface area contributed by atoms with Gasteiger partial charge in [-0.1, -0.05) is 13.0 Å². The third-order valence-electron chi connectivity index (χ3n) is 2.66. The fourth-order valence-electron chi connectivity index (χ4n) is 2.02. The highest BCUT2D eigenvalue weighted by Crippen LogP contribution is 2.48. The zero-order valence-corrected chi connectivity index (χ0v) is 9.21. The van der Waals surface area contributed by atoms with Crippen molar-refractivity contribution in [3.05, 3.63) is 23.8 Å². The van der Waals surface area contributed by atoms with E-state index in [1.165, 1.54) is 18.5 Å². The molecule has 76 valence electrons. The summed E-state index contributed by atoms with van der Waals surface area (Å²) in [6.45, 7) is 4.51.